The number of aryl methyl sites for hydroxylation is 1. The summed E-state index contributed by atoms with van der Waals surface area (Å²) in [6.07, 6.45) is 1.13. The number of halogens is 1. The van der Waals surface area contributed by atoms with Crippen LogP contribution in [0.15, 0.2) is 66.9 Å². The molecule has 2 aromatic carbocycles. The number of pyridine rings is 1. The van der Waals surface area contributed by atoms with Crippen LogP contribution in [-0.2, 0) is 30.2 Å². The van der Waals surface area contributed by atoms with Crippen molar-refractivity contribution in [1.82, 2.24) is 26.3 Å². The SMILES string of the molecule is CC(C)(C)OC(=O)NCC[N+](C)(CCC[C@H](NC(=O)OC(C)(C)C)C(=O)N[C@@H](CCc1ccccc1)C(=O)Nc1cnc2ccccc2c1)CCNC(=O)OC(C)(C)C.[Cl-]. The van der Waals surface area contributed by atoms with Crippen molar-refractivity contribution in [2.24, 2.45) is 0 Å². The fourth-order valence-corrected chi connectivity index (χ4v) is 6.08. The standard InChI is InChI=1S/C44H65N7O8.ClH/c1-42(2,3)57-39(54)45-24-27-51(10,28-25-46-40(55)58-43(4,5)6)26-16-21-35(50-41(56)59-44(7,8)9)38(53)49-36(23-22-31-17-12-11-13-18-31)37(52)48-33-29-32-19-14-15-20-34(32)47-30-33;/h11-15,17-20,29-30,35-36H,16,21-28H2,1-10H3,(H4-,45,46,48,49,50,52,53,54,55,56);1H/t35-,36-;/m0./s1. The van der Waals surface area contributed by atoms with E-state index in [0.717, 1.165) is 16.5 Å². The molecule has 0 spiro atoms. The summed E-state index contributed by atoms with van der Waals surface area (Å²) in [7, 11) is 1.98. The summed E-state index contributed by atoms with van der Waals surface area (Å²) in [5.41, 5.74) is 0.111. The minimum Gasteiger partial charge on any atom is -1.00 e. The lowest BCUT2D eigenvalue weighted by Gasteiger charge is -2.35. The summed E-state index contributed by atoms with van der Waals surface area (Å²) in [5, 5.41) is 15.0. The summed E-state index contributed by atoms with van der Waals surface area (Å²) in [4.78, 5) is 70.5. The number of para-hydroxylation sites is 1. The molecule has 0 unspecified atom stereocenters. The number of hydrogen-bond acceptors (Lipinski definition) is 9. The van der Waals surface area contributed by atoms with Gasteiger partial charge in [0.1, 0.15) is 28.9 Å². The molecule has 5 amide bonds. The van der Waals surface area contributed by atoms with E-state index < -0.39 is 59.0 Å². The van der Waals surface area contributed by atoms with Gasteiger partial charge in [0.05, 0.1) is 57.2 Å². The highest BCUT2D eigenvalue weighted by atomic mass is 35.5. The number of nitrogens with one attached hydrogen (secondary N) is 5. The average molecular weight is 857 g/mol. The Morgan fingerprint density at radius 3 is 1.73 bits per heavy atom. The fourth-order valence-electron chi connectivity index (χ4n) is 6.08. The minimum atomic E-state index is -1.06. The van der Waals surface area contributed by atoms with Gasteiger partial charge in [-0.25, -0.2) is 14.4 Å². The highest BCUT2D eigenvalue weighted by molar-refractivity contribution is 5.99. The molecule has 1 heterocycles. The molecule has 5 N–H and O–H groups in total. The van der Waals surface area contributed by atoms with Crippen LogP contribution < -0.4 is 39.0 Å². The van der Waals surface area contributed by atoms with Crippen molar-refractivity contribution < 1.29 is 55.1 Å². The first-order valence-electron chi connectivity index (χ1n) is 20.3. The molecule has 0 fully saturated rings. The summed E-state index contributed by atoms with van der Waals surface area (Å²) >= 11 is 0. The molecule has 60 heavy (non-hydrogen) atoms. The Kier molecular flexibility index (Phi) is 19.6. The number of aromatic nitrogens is 1. The van der Waals surface area contributed by atoms with Gasteiger partial charge in [-0.05, 0) is 106 Å². The normalized spacial score (nSPS) is 12.8. The van der Waals surface area contributed by atoms with Crippen molar-refractivity contribution >= 4 is 46.7 Å². The van der Waals surface area contributed by atoms with Crippen molar-refractivity contribution in [1.29, 1.82) is 0 Å². The molecule has 2 atom stereocenters. The van der Waals surface area contributed by atoms with E-state index in [1.54, 1.807) is 68.5 Å². The molecular weight excluding hydrogens is 790 g/mol. The Morgan fingerprint density at radius 1 is 0.650 bits per heavy atom. The third kappa shape index (κ3) is 20.2. The Balaban J connectivity index is 0.0000124. The average Bonchev–Trinajstić information content (AvgIpc) is 3.11. The first-order chi connectivity index (χ1) is 27.5. The first-order valence-corrected chi connectivity index (χ1v) is 20.3. The zero-order chi connectivity index (χ0) is 43.9. The Hall–Kier alpha value is -5.15. The zero-order valence-electron chi connectivity index (χ0n) is 36.9. The van der Waals surface area contributed by atoms with E-state index >= 15 is 0 Å². The number of hydrogen-bond donors (Lipinski definition) is 5. The van der Waals surface area contributed by atoms with Gasteiger partial charge in [0, 0.05) is 5.39 Å². The summed E-state index contributed by atoms with van der Waals surface area (Å²) < 4.78 is 16.7. The van der Waals surface area contributed by atoms with E-state index in [0.29, 0.717) is 42.6 Å². The number of amides is 5. The van der Waals surface area contributed by atoms with Gasteiger partial charge in [-0.2, -0.15) is 0 Å². The number of quaternary nitrogens is 1. The van der Waals surface area contributed by atoms with Crippen molar-refractivity contribution in [3.8, 4) is 0 Å². The predicted molar refractivity (Wildman–Crippen MR) is 229 cm³/mol. The van der Waals surface area contributed by atoms with E-state index in [9.17, 15) is 24.0 Å². The van der Waals surface area contributed by atoms with Crippen LogP contribution in [0.2, 0.25) is 0 Å². The number of alkyl carbamates (subject to hydrolysis) is 3. The van der Waals surface area contributed by atoms with Crippen LogP contribution in [0.25, 0.3) is 10.9 Å². The Morgan fingerprint density at radius 2 is 1.17 bits per heavy atom. The third-order valence-electron chi connectivity index (χ3n) is 8.89. The lowest BCUT2D eigenvalue weighted by molar-refractivity contribution is -0.907. The fraction of sp³-hybridized carbons (Fsp3) is 0.545. The maximum absolute atomic E-state index is 14.2. The van der Waals surface area contributed by atoms with E-state index in [2.05, 4.69) is 31.6 Å². The minimum absolute atomic E-state index is 0. The Bertz CT molecular complexity index is 1820. The molecule has 3 rings (SSSR count). The van der Waals surface area contributed by atoms with Gasteiger partial charge in [-0.1, -0.05) is 48.5 Å². The van der Waals surface area contributed by atoms with Gasteiger partial charge >= 0.3 is 18.3 Å². The number of ether oxygens (including phenoxy) is 3. The summed E-state index contributed by atoms with van der Waals surface area (Å²) in [5.74, 6) is -0.977. The first kappa shape index (κ1) is 51.0. The van der Waals surface area contributed by atoms with Crippen LogP contribution in [0.4, 0.5) is 20.1 Å². The monoisotopic (exact) mass is 855 g/mol. The largest absolute Gasteiger partial charge is 1.00 e. The molecule has 0 saturated heterocycles. The number of rotatable bonds is 18. The molecule has 15 nitrogen and oxygen atoms in total. The number of fused-ring (bicyclic) bond motifs is 1. The topological polar surface area (TPSA) is 186 Å². The second kappa shape index (κ2) is 23.0. The smallest absolute Gasteiger partial charge is 0.408 e. The molecule has 0 saturated carbocycles. The predicted octanol–water partition coefficient (Wildman–Crippen LogP) is 3.46. The van der Waals surface area contributed by atoms with E-state index in [1.165, 1.54) is 0 Å². The lowest BCUT2D eigenvalue weighted by atomic mass is 10.0. The number of carbonyl (C=O) groups excluding carboxylic acids is 5. The molecule has 0 radical (unpaired) electrons. The number of anilines is 1. The van der Waals surface area contributed by atoms with Crippen LogP contribution in [0, 0.1) is 0 Å². The number of benzene rings is 2. The van der Waals surface area contributed by atoms with Crippen LogP contribution in [0.3, 0.4) is 0 Å². The maximum Gasteiger partial charge on any atom is 0.408 e. The molecule has 0 aliphatic rings. The number of nitrogens with zero attached hydrogens (tertiary/aromatic N) is 2. The second-order valence-corrected chi connectivity index (χ2v) is 18.0. The van der Waals surface area contributed by atoms with Crippen molar-refractivity contribution in [2.75, 3.05) is 45.1 Å². The van der Waals surface area contributed by atoms with Crippen molar-refractivity contribution in [2.45, 2.75) is 117 Å². The van der Waals surface area contributed by atoms with Crippen molar-refractivity contribution in [3.63, 3.8) is 0 Å². The molecule has 16 heteroatoms. The third-order valence-corrected chi connectivity index (χ3v) is 8.89. The number of carbonyl (C=O) groups is 5. The molecule has 3 aromatic rings. The molecule has 0 aliphatic heterocycles. The lowest BCUT2D eigenvalue weighted by Crippen LogP contribution is -3.00. The van der Waals surface area contributed by atoms with Crippen LogP contribution in [0.5, 0.6) is 0 Å². The maximum atomic E-state index is 14.2. The van der Waals surface area contributed by atoms with Gasteiger partial charge in [0.25, 0.3) is 0 Å². The molecule has 1 aromatic heterocycles. The van der Waals surface area contributed by atoms with Crippen LogP contribution in [0.1, 0.15) is 87.1 Å². The number of likely N-dealkylation sites (N-methyl/N-ethyl adjacent to an activating group) is 1. The van der Waals surface area contributed by atoms with Crippen molar-refractivity contribution in [3.05, 3.63) is 72.4 Å². The highest BCUT2D eigenvalue weighted by Gasteiger charge is 2.31. The van der Waals surface area contributed by atoms with Gasteiger partial charge in [0.15, 0.2) is 0 Å². The van der Waals surface area contributed by atoms with E-state index in [-0.39, 0.29) is 38.3 Å². The van der Waals surface area contributed by atoms with Crippen LogP contribution in [-0.4, -0.2) is 108 Å². The van der Waals surface area contributed by atoms with Gasteiger partial charge < -0.3 is 57.7 Å². The van der Waals surface area contributed by atoms with Gasteiger partial charge in [0.2, 0.25) is 11.8 Å². The molecule has 332 valence electrons. The highest BCUT2D eigenvalue weighted by Crippen LogP contribution is 2.18. The van der Waals surface area contributed by atoms with Gasteiger partial charge in [-0.15, -0.1) is 0 Å². The molecule has 0 bridgehead atoms. The Labute approximate surface area is 361 Å². The zero-order valence-corrected chi connectivity index (χ0v) is 37.7. The summed E-state index contributed by atoms with van der Waals surface area (Å²) in [6, 6.07) is 17.0. The van der Waals surface area contributed by atoms with Gasteiger partial charge in [-0.3, -0.25) is 14.6 Å². The van der Waals surface area contributed by atoms with Crippen LogP contribution >= 0.6 is 0 Å². The molecular formula is C44H66ClN7O8. The van der Waals surface area contributed by atoms with E-state index in [4.69, 9.17) is 14.2 Å². The van der Waals surface area contributed by atoms with E-state index in [1.807, 2.05) is 67.7 Å². The summed E-state index contributed by atoms with van der Waals surface area (Å²) in [6.45, 7) is 17.9. The quantitative estimate of drug-likeness (QED) is 0.0945. The molecule has 0 aliphatic carbocycles. The second-order valence-electron chi connectivity index (χ2n) is 18.0.